The van der Waals surface area contributed by atoms with E-state index in [4.69, 9.17) is 19.9 Å². The van der Waals surface area contributed by atoms with Gasteiger partial charge in [0.1, 0.15) is 42.1 Å². The largest absolute Gasteiger partial charge is 0.508 e. The zero-order chi connectivity index (χ0) is 30.3. The molecule has 5 rings (SSSR count). The van der Waals surface area contributed by atoms with E-state index in [1.54, 1.807) is 12.4 Å². The number of anilines is 1. The highest BCUT2D eigenvalue weighted by molar-refractivity contribution is 8.05. The summed E-state index contributed by atoms with van der Waals surface area (Å²) in [7, 11) is 0. The van der Waals surface area contributed by atoms with Crippen LogP contribution in [0.5, 0.6) is 0 Å². The predicted octanol–water partition coefficient (Wildman–Crippen LogP) is 3.04. The molecule has 2 atom stereocenters. The molecule has 0 aromatic carbocycles. The second-order valence-corrected chi connectivity index (χ2v) is 12.7. The Hall–Kier alpha value is -3.19. The minimum Gasteiger partial charge on any atom is -0.457 e. The third kappa shape index (κ3) is 8.75. The van der Waals surface area contributed by atoms with Gasteiger partial charge in [-0.05, 0) is 25.7 Å². The van der Waals surface area contributed by atoms with Crippen molar-refractivity contribution in [3.05, 3.63) is 39.6 Å². The van der Waals surface area contributed by atoms with Gasteiger partial charge in [-0.3, -0.25) is 19.6 Å². The number of halogens is 2. The number of thioether (sulfide) groups is 2. The number of aromatic nitrogens is 3. The number of ether oxygens (including phenoxy) is 3. The van der Waals surface area contributed by atoms with Crippen LogP contribution >= 0.6 is 59.7 Å². The molecule has 1 saturated carbocycles. The molecule has 0 unspecified atom stereocenters. The van der Waals surface area contributed by atoms with Crippen molar-refractivity contribution in [1.29, 1.82) is 0 Å². The van der Waals surface area contributed by atoms with Gasteiger partial charge in [0.15, 0.2) is 10.8 Å². The van der Waals surface area contributed by atoms with Crippen molar-refractivity contribution in [1.82, 2.24) is 25.4 Å². The van der Waals surface area contributed by atoms with Crippen molar-refractivity contribution in [3.8, 4) is 0 Å². The molecule has 2 aromatic heterocycles. The maximum atomic E-state index is 13.3. The van der Waals surface area contributed by atoms with E-state index in [0.29, 0.717) is 16.4 Å². The molecule has 45 heavy (non-hydrogen) atoms. The summed E-state index contributed by atoms with van der Waals surface area (Å²) in [6.07, 6.45) is 7.14. The number of fused-ring (bicyclic) bond motifs is 1. The van der Waals surface area contributed by atoms with Crippen molar-refractivity contribution in [3.63, 3.8) is 0 Å². The number of carbonyl (C=O) groups is 4. The average molecular weight is 725 g/mol. The van der Waals surface area contributed by atoms with Gasteiger partial charge in [-0.25, -0.2) is 14.6 Å². The van der Waals surface area contributed by atoms with Crippen LogP contribution in [0, 0.1) is 0 Å². The lowest BCUT2D eigenvalue weighted by Gasteiger charge is -2.49. The maximum Gasteiger partial charge on any atom is 0.508 e. The molecule has 2 fully saturated rings. The van der Waals surface area contributed by atoms with Gasteiger partial charge in [0.05, 0.1) is 6.20 Å². The minimum atomic E-state index is -0.994. The fourth-order valence-corrected chi connectivity index (χ4v) is 7.81. The number of nitrogens with two attached hydrogens (primary N) is 1. The van der Waals surface area contributed by atoms with E-state index in [9.17, 15) is 24.4 Å². The number of oxime groups is 1. The van der Waals surface area contributed by atoms with Crippen LogP contribution in [0.1, 0.15) is 43.4 Å². The number of H-pyrrole nitrogens is 1. The topological polar surface area (TPSA) is 211 Å². The number of esters is 1. The standard InChI is InChI=1S/C25H29N7O8S3.2ClH/c26-24-29-15(11-43-24)17(31-37)20(33)30-18-21(34)32-19(16(12-42-22(18)32)41-10-13-8-27-28-9-13)23(35)38-6-7-39-25(36)40-14-4-2-1-3-5-14;;/h8-9,11,14,18,22,37H,1-7,10,12H2,(H2,26,29)(H,27,28)(H,30,33);2*1H/b31-17-;;/t18-,22+;;/m1../s1. The summed E-state index contributed by atoms with van der Waals surface area (Å²) in [5, 5.41) is 22.7. The Balaban J connectivity index is 0.00000276. The van der Waals surface area contributed by atoms with Crippen LogP contribution in [0.4, 0.5) is 9.93 Å². The Bertz CT molecular complexity index is 1420. The molecule has 0 radical (unpaired) electrons. The Kier molecular flexibility index (Phi) is 13.6. The molecule has 5 N–H and O–H groups in total. The molecule has 0 spiro atoms. The number of aromatic amines is 1. The number of hydrogen-bond donors (Lipinski definition) is 4. The molecule has 0 bridgehead atoms. The van der Waals surface area contributed by atoms with Crippen LogP contribution in [0.2, 0.25) is 0 Å². The monoisotopic (exact) mass is 723 g/mol. The van der Waals surface area contributed by atoms with Crippen LogP contribution in [0.25, 0.3) is 0 Å². The molecule has 4 heterocycles. The van der Waals surface area contributed by atoms with Gasteiger partial charge >= 0.3 is 12.1 Å². The van der Waals surface area contributed by atoms with Gasteiger partial charge in [-0.2, -0.15) is 5.10 Å². The average Bonchev–Trinajstić information content (AvgIpc) is 3.69. The Morgan fingerprint density at radius 2 is 1.96 bits per heavy atom. The second kappa shape index (κ2) is 16.9. The van der Waals surface area contributed by atoms with Crippen LogP contribution in [-0.2, 0) is 34.3 Å². The van der Waals surface area contributed by atoms with E-state index in [-0.39, 0.29) is 60.7 Å². The first-order valence-corrected chi connectivity index (χ1v) is 16.3. The van der Waals surface area contributed by atoms with Gasteiger partial charge in [0, 0.05) is 33.6 Å². The summed E-state index contributed by atoms with van der Waals surface area (Å²) >= 11 is 3.78. The second-order valence-electron chi connectivity index (χ2n) is 9.66. The zero-order valence-electron chi connectivity index (χ0n) is 23.5. The quantitative estimate of drug-likeness (QED) is 0.0657. The highest BCUT2D eigenvalue weighted by atomic mass is 35.5. The van der Waals surface area contributed by atoms with Crippen molar-refractivity contribution in [2.75, 3.05) is 24.7 Å². The van der Waals surface area contributed by atoms with Gasteiger partial charge in [0.25, 0.3) is 11.8 Å². The molecular weight excluding hydrogens is 693 g/mol. The fourth-order valence-electron chi connectivity index (χ4n) is 4.72. The van der Waals surface area contributed by atoms with E-state index < -0.39 is 41.1 Å². The molecule has 2 aromatic rings. The van der Waals surface area contributed by atoms with Crippen molar-refractivity contribution in [2.45, 2.75) is 55.4 Å². The first-order chi connectivity index (χ1) is 20.9. The smallest absolute Gasteiger partial charge is 0.457 e. The Labute approximate surface area is 282 Å². The third-order valence-electron chi connectivity index (χ3n) is 6.81. The summed E-state index contributed by atoms with van der Waals surface area (Å²) in [4.78, 5) is 57.3. The molecule has 2 amide bonds. The van der Waals surface area contributed by atoms with Crippen molar-refractivity contribution < 1.29 is 38.6 Å². The first kappa shape index (κ1) is 36.3. The van der Waals surface area contributed by atoms with E-state index in [1.807, 2.05) is 0 Å². The van der Waals surface area contributed by atoms with Gasteiger partial charge in [-0.15, -0.1) is 59.7 Å². The Morgan fingerprint density at radius 1 is 1.20 bits per heavy atom. The molecule has 1 aliphatic carbocycles. The zero-order valence-corrected chi connectivity index (χ0v) is 27.6. The molecule has 1 saturated heterocycles. The minimum absolute atomic E-state index is 0. The molecule has 246 valence electrons. The number of carbonyl (C=O) groups excluding carboxylic acids is 4. The third-order valence-corrected chi connectivity index (χ3v) is 10.1. The normalized spacial score (nSPS) is 19.8. The SMILES string of the molecule is Cl.Cl.Nc1nc(/C(=N/O)C(=O)N[C@@H]2C(=O)N3C(C(=O)OCCOC(=O)OC4CCCCC4)=C(SCc4cn[nH]c4)CS[C@@H]23)cs1. The molecule has 3 aliphatic rings. The van der Waals surface area contributed by atoms with Crippen LogP contribution in [-0.4, -0.2) is 91.4 Å². The number of β-lactam (4-membered cyclic amide) rings is 1. The lowest BCUT2D eigenvalue weighted by molar-refractivity contribution is -0.153. The van der Waals surface area contributed by atoms with E-state index in [2.05, 4.69) is 25.7 Å². The maximum absolute atomic E-state index is 13.3. The number of nitrogens with one attached hydrogen (secondary N) is 2. The van der Waals surface area contributed by atoms with Gasteiger partial charge < -0.3 is 30.5 Å². The summed E-state index contributed by atoms with van der Waals surface area (Å²) in [5.41, 5.74) is 6.23. The van der Waals surface area contributed by atoms with Crippen LogP contribution in [0.3, 0.4) is 0 Å². The van der Waals surface area contributed by atoms with Crippen LogP contribution < -0.4 is 11.1 Å². The fraction of sp³-hybridized carbons (Fsp3) is 0.480. The number of amides is 2. The number of thiazole rings is 1. The number of rotatable bonds is 11. The predicted molar refractivity (Wildman–Crippen MR) is 172 cm³/mol. The number of nitrogen functional groups attached to an aromatic ring is 1. The summed E-state index contributed by atoms with van der Waals surface area (Å²) in [6, 6.07) is -0.994. The van der Waals surface area contributed by atoms with E-state index in [0.717, 1.165) is 49.0 Å². The molecule has 2 aliphatic heterocycles. The van der Waals surface area contributed by atoms with Gasteiger partial charge in [0.2, 0.25) is 0 Å². The lowest BCUT2D eigenvalue weighted by Crippen LogP contribution is -2.71. The van der Waals surface area contributed by atoms with E-state index >= 15 is 0 Å². The summed E-state index contributed by atoms with van der Waals surface area (Å²) in [5.74, 6) is -1.28. The first-order valence-electron chi connectivity index (χ1n) is 13.4. The highest BCUT2D eigenvalue weighted by Gasteiger charge is 2.55. The molecule has 15 nitrogen and oxygen atoms in total. The van der Waals surface area contributed by atoms with Crippen molar-refractivity contribution in [2.24, 2.45) is 5.16 Å². The summed E-state index contributed by atoms with van der Waals surface area (Å²) in [6.45, 7) is -0.452. The van der Waals surface area contributed by atoms with E-state index in [1.165, 1.54) is 33.8 Å². The number of nitrogens with zero attached hydrogens (tertiary/aromatic N) is 4. The highest BCUT2D eigenvalue weighted by Crippen LogP contribution is 2.44. The van der Waals surface area contributed by atoms with Crippen LogP contribution in [0.15, 0.2) is 33.5 Å². The summed E-state index contributed by atoms with van der Waals surface area (Å²) < 4.78 is 15.8. The number of hydrogen-bond acceptors (Lipinski definition) is 15. The molecular formula is C25H31Cl2N7O8S3. The van der Waals surface area contributed by atoms with Gasteiger partial charge in [-0.1, -0.05) is 11.6 Å². The lowest BCUT2D eigenvalue weighted by atomic mass is 9.98. The molecule has 20 heteroatoms. The van der Waals surface area contributed by atoms with Crippen molar-refractivity contribution >= 4 is 94.5 Å². The Morgan fingerprint density at radius 3 is 2.62 bits per heavy atom.